The van der Waals surface area contributed by atoms with Crippen LogP contribution >= 0.6 is 0 Å². The number of ether oxygens (including phenoxy) is 1. The Morgan fingerprint density at radius 3 is 2.56 bits per heavy atom. The number of rotatable bonds is 6. The van der Waals surface area contributed by atoms with E-state index in [2.05, 4.69) is 5.32 Å². The van der Waals surface area contributed by atoms with Crippen molar-refractivity contribution in [3.63, 3.8) is 0 Å². The third kappa shape index (κ3) is 5.65. The summed E-state index contributed by atoms with van der Waals surface area (Å²) >= 11 is 0. The average Bonchev–Trinajstić information content (AvgIpc) is 2.26. The standard InChI is InChI=1S/C12H17F3N2O/c1-18-11-7-9(16)6-10(8-11)17-5-3-2-4-12(13,14)15/h6-8,17H,2-5,16H2,1H3. The molecule has 3 N–H and O–H groups in total. The minimum atomic E-state index is -4.07. The molecule has 1 aromatic carbocycles. The number of halogens is 3. The van der Waals surface area contributed by atoms with E-state index in [-0.39, 0.29) is 6.42 Å². The lowest BCUT2D eigenvalue weighted by molar-refractivity contribution is -0.135. The van der Waals surface area contributed by atoms with Crippen molar-refractivity contribution < 1.29 is 17.9 Å². The number of anilines is 2. The first-order chi connectivity index (χ1) is 8.40. The molecule has 0 saturated carbocycles. The average molecular weight is 262 g/mol. The molecule has 1 aromatic rings. The maximum Gasteiger partial charge on any atom is 0.389 e. The highest BCUT2D eigenvalue weighted by Gasteiger charge is 2.25. The van der Waals surface area contributed by atoms with E-state index in [0.29, 0.717) is 24.4 Å². The summed E-state index contributed by atoms with van der Waals surface area (Å²) in [7, 11) is 1.53. The molecule has 0 aliphatic rings. The molecule has 18 heavy (non-hydrogen) atoms. The predicted molar refractivity (Wildman–Crippen MR) is 65.8 cm³/mol. The van der Waals surface area contributed by atoms with Gasteiger partial charge in [0, 0.05) is 36.5 Å². The van der Waals surface area contributed by atoms with Crippen molar-refractivity contribution in [2.75, 3.05) is 24.7 Å². The zero-order valence-corrected chi connectivity index (χ0v) is 10.2. The number of hydrogen-bond acceptors (Lipinski definition) is 3. The van der Waals surface area contributed by atoms with Gasteiger partial charge in [-0.05, 0) is 18.9 Å². The van der Waals surface area contributed by atoms with Crippen LogP contribution in [0.25, 0.3) is 0 Å². The fourth-order valence-electron chi connectivity index (χ4n) is 1.53. The monoisotopic (exact) mass is 262 g/mol. The number of hydrogen-bond donors (Lipinski definition) is 2. The number of nitrogens with two attached hydrogens (primary N) is 1. The summed E-state index contributed by atoms with van der Waals surface area (Å²) in [4.78, 5) is 0. The largest absolute Gasteiger partial charge is 0.497 e. The zero-order chi connectivity index (χ0) is 13.6. The molecule has 0 heterocycles. The van der Waals surface area contributed by atoms with E-state index in [1.54, 1.807) is 18.2 Å². The van der Waals surface area contributed by atoms with Crippen molar-refractivity contribution in [1.29, 1.82) is 0 Å². The van der Waals surface area contributed by atoms with Crippen LogP contribution < -0.4 is 15.8 Å². The number of alkyl halides is 3. The van der Waals surface area contributed by atoms with E-state index in [9.17, 15) is 13.2 Å². The second-order valence-corrected chi connectivity index (χ2v) is 3.99. The van der Waals surface area contributed by atoms with Gasteiger partial charge in [0.15, 0.2) is 0 Å². The number of unbranched alkanes of at least 4 members (excludes halogenated alkanes) is 1. The summed E-state index contributed by atoms with van der Waals surface area (Å²) in [6.07, 6.45) is -4.23. The molecule has 0 radical (unpaired) electrons. The Morgan fingerprint density at radius 1 is 1.22 bits per heavy atom. The summed E-state index contributed by atoms with van der Waals surface area (Å²) in [5.41, 5.74) is 6.95. The first kappa shape index (κ1) is 14.5. The summed E-state index contributed by atoms with van der Waals surface area (Å²) < 4.78 is 40.8. The van der Waals surface area contributed by atoms with Crippen LogP contribution in [0.1, 0.15) is 19.3 Å². The van der Waals surface area contributed by atoms with Crippen LogP contribution in [0, 0.1) is 0 Å². The topological polar surface area (TPSA) is 47.3 Å². The number of nitrogen functional groups attached to an aromatic ring is 1. The second kappa shape index (κ2) is 6.37. The highest BCUT2D eigenvalue weighted by atomic mass is 19.4. The van der Waals surface area contributed by atoms with Crippen LogP contribution in [0.5, 0.6) is 5.75 Å². The molecular weight excluding hydrogens is 245 g/mol. The van der Waals surface area contributed by atoms with Gasteiger partial charge >= 0.3 is 6.18 Å². The van der Waals surface area contributed by atoms with E-state index in [1.807, 2.05) is 0 Å². The van der Waals surface area contributed by atoms with Gasteiger partial charge in [-0.15, -0.1) is 0 Å². The second-order valence-electron chi connectivity index (χ2n) is 3.99. The fourth-order valence-corrected chi connectivity index (χ4v) is 1.53. The third-order valence-electron chi connectivity index (χ3n) is 2.38. The van der Waals surface area contributed by atoms with E-state index in [1.165, 1.54) is 7.11 Å². The molecule has 3 nitrogen and oxygen atoms in total. The lowest BCUT2D eigenvalue weighted by Crippen LogP contribution is -2.08. The van der Waals surface area contributed by atoms with Crippen LogP contribution in [0.4, 0.5) is 24.5 Å². The molecule has 0 unspecified atom stereocenters. The smallest absolute Gasteiger partial charge is 0.389 e. The highest BCUT2D eigenvalue weighted by Crippen LogP contribution is 2.23. The van der Waals surface area contributed by atoms with Gasteiger partial charge in [-0.2, -0.15) is 13.2 Å². The van der Waals surface area contributed by atoms with Gasteiger partial charge in [0.05, 0.1) is 7.11 Å². The minimum Gasteiger partial charge on any atom is -0.497 e. The van der Waals surface area contributed by atoms with Crippen molar-refractivity contribution in [2.45, 2.75) is 25.4 Å². The van der Waals surface area contributed by atoms with E-state index >= 15 is 0 Å². The molecule has 0 fully saturated rings. The maximum atomic E-state index is 11.9. The number of benzene rings is 1. The minimum absolute atomic E-state index is 0.121. The van der Waals surface area contributed by atoms with Crippen LogP contribution in [0.2, 0.25) is 0 Å². The Kier molecular flexibility index (Phi) is 5.12. The molecule has 0 spiro atoms. The van der Waals surface area contributed by atoms with Crippen molar-refractivity contribution in [1.82, 2.24) is 0 Å². The molecule has 0 aromatic heterocycles. The molecule has 0 bridgehead atoms. The molecule has 0 aliphatic heterocycles. The van der Waals surface area contributed by atoms with Crippen molar-refractivity contribution in [3.05, 3.63) is 18.2 Å². The van der Waals surface area contributed by atoms with Crippen LogP contribution in [-0.4, -0.2) is 19.8 Å². The summed E-state index contributed by atoms with van der Waals surface area (Å²) in [5.74, 6) is 0.618. The quantitative estimate of drug-likeness (QED) is 0.610. The Bertz CT molecular complexity index is 380. The summed E-state index contributed by atoms with van der Waals surface area (Å²) in [5, 5.41) is 3.02. The van der Waals surface area contributed by atoms with E-state index in [0.717, 1.165) is 5.69 Å². The van der Waals surface area contributed by atoms with Gasteiger partial charge in [-0.3, -0.25) is 0 Å². The van der Waals surface area contributed by atoms with Gasteiger partial charge in [0.25, 0.3) is 0 Å². The lowest BCUT2D eigenvalue weighted by Gasteiger charge is -2.10. The predicted octanol–water partition coefficient (Wildman–Crippen LogP) is 3.42. The van der Waals surface area contributed by atoms with Gasteiger partial charge in [0.2, 0.25) is 0 Å². The molecule has 0 saturated heterocycles. The van der Waals surface area contributed by atoms with Gasteiger partial charge in [0.1, 0.15) is 5.75 Å². The Morgan fingerprint density at radius 2 is 1.94 bits per heavy atom. The molecule has 0 atom stereocenters. The van der Waals surface area contributed by atoms with Crippen LogP contribution in [0.15, 0.2) is 18.2 Å². The van der Waals surface area contributed by atoms with E-state index < -0.39 is 12.6 Å². The van der Waals surface area contributed by atoms with Crippen molar-refractivity contribution in [3.8, 4) is 5.75 Å². The first-order valence-electron chi connectivity index (χ1n) is 5.66. The Labute approximate surface area is 104 Å². The normalized spacial score (nSPS) is 11.3. The Balaban J connectivity index is 2.33. The number of nitrogens with one attached hydrogen (secondary N) is 1. The fraction of sp³-hybridized carbons (Fsp3) is 0.500. The van der Waals surface area contributed by atoms with Gasteiger partial charge < -0.3 is 15.8 Å². The van der Waals surface area contributed by atoms with Gasteiger partial charge in [-0.1, -0.05) is 0 Å². The molecule has 102 valence electrons. The summed E-state index contributed by atoms with van der Waals surface area (Å²) in [6.45, 7) is 0.475. The van der Waals surface area contributed by atoms with E-state index in [4.69, 9.17) is 10.5 Å². The molecule has 0 amide bonds. The maximum absolute atomic E-state index is 11.9. The zero-order valence-electron chi connectivity index (χ0n) is 10.2. The molecular formula is C12H17F3N2O. The van der Waals surface area contributed by atoms with Crippen molar-refractivity contribution >= 4 is 11.4 Å². The molecule has 1 rings (SSSR count). The third-order valence-corrected chi connectivity index (χ3v) is 2.38. The SMILES string of the molecule is COc1cc(N)cc(NCCCCC(F)(F)F)c1. The van der Waals surface area contributed by atoms with Crippen LogP contribution in [-0.2, 0) is 0 Å². The van der Waals surface area contributed by atoms with Crippen LogP contribution in [0.3, 0.4) is 0 Å². The lowest BCUT2D eigenvalue weighted by atomic mass is 10.2. The first-order valence-corrected chi connectivity index (χ1v) is 5.66. The number of methoxy groups -OCH3 is 1. The molecule has 0 aliphatic carbocycles. The highest BCUT2D eigenvalue weighted by molar-refractivity contribution is 5.59. The summed E-state index contributed by atoms with van der Waals surface area (Å²) in [6, 6.07) is 5.14. The van der Waals surface area contributed by atoms with Gasteiger partial charge in [-0.25, -0.2) is 0 Å². The molecule has 6 heteroatoms. The Hall–Kier alpha value is -1.59. The van der Waals surface area contributed by atoms with Crippen molar-refractivity contribution in [2.24, 2.45) is 0 Å².